The Bertz CT molecular complexity index is 1730. The highest BCUT2D eigenvalue weighted by atomic mass is 16.5. The van der Waals surface area contributed by atoms with Crippen LogP contribution < -0.4 is 10.2 Å². The number of carbonyl (C=O) groups excluding carboxylic acids is 1. The smallest absolute Gasteiger partial charge is 0.229 e. The maximum atomic E-state index is 13.9. The molecule has 1 N–H and O–H groups in total. The van der Waals surface area contributed by atoms with Crippen molar-refractivity contribution in [2.75, 3.05) is 31.2 Å². The Kier molecular flexibility index (Phi) is 9.48. The second-order valence-corrected chi connectivity index (χ2v) is 14.0. The molecule has 7 rings (SSSR count). The number of pyridine rings is 1. The van der Waals surface area contributed by atoms with E-state index in [1.165, 1.54) is 0 Å². The first-order chi connectivity index (χ1) is 23.5. The molecule has 3 aromatic heterocycles. The third kappa shape index (κ3) is 7.12. The lowest BCUT2D eigenvalue weighted by Crippen LogP contribution is -2.35. The van der Waals surface area contributed by atoms with Gasteiger partial charge < -0.3 is 15.0 Å². The lowest BCUT2D eigenvalue weighted by atomic mass is 9.73. The average Bonchev–Trinajstić information content (AvgIpc) is 3.75. The normalized spacial score (nSPS) is 21.1. The number of nitrogens with one attached hydrogen (secondary N) is 1. The Hall–Kier alpha value is -4.62. The van der Waals surface area contributed by atoms with Crippen LogP contribution >= 0.6 is 0 Å². The fourth-order valence-corrected chi connectivity index (χ4v) is 7.95. The Morgan fingerprint density at radius 2 is 1.83 bits per heavy atom. The summed E-state index contributed by atoms with van der Waals surface area (Å²) in [6.07, 6.45) is 15.3. The molecule has 1 spiro atoms. The summed E-state index contributed by atoms with van der Waals surface area (Å²) in [5.74, 6) is 1.91. The summed E-state index contributed by atoms with van der Waals surface area (Å²) in [6, 6.07) is 16.4. The van der Waals surface area contributed by atoms with Gasteiger partial charge in [0.15, 0.2) is 0 Å². The zero-order valence-corrected chi connectivity index (χ0v) is 27.7. The standard InChI is InChI=1S/C38H44N8O2/c1-45-25-32(24-43-45)30-11-12-33(40-22-30)35(37(47)42-21-28-5-3-2-4-6-28)29-9-7-27(8-10-29)19-34-41-23-31(20-39)36(44-34)46-16-13-38(26-46)14-17-48-18-15-38/h2-6,11-12,22-25,27,29,35H,7-10,13-19,21,26H2,1H3,(H,42,47)/t27-,29-,35?. The van der Waals surface area contributed by atoms with Crippen LogP contribution in [0.1, 0.15) is 73.5 Å². The van der Waals surface area contributed by atoms with Gasteiger partial charge in [0, 0.05) is 69.8 Å². The van der Waals surface area contributed by atoms with E-state index < -0.39 is 0 Å². The minimum absolute atomic E-state index is 0.0249. The highest BCUT2D eigenvalue weighted by molar-refractivity contribution is 5.83. The molecule has 1 aliphatic carbocycles. The maximum absolute atomic E-state index is 13.9. The number of benzene rings is 1. The lowest BCUT2D eigenvalue weighted by molar-refractivity contribution is -0.124. The molecule has 1 amide bonds. The van der Waals surface area contributed by atoms with Crippen LogP contribution in [0.3, 0.4) is 0 Å². The van der Waals surface area contributed by atoms with Crippen molar-refractivity contribution in [2.24, 2.45) is 24.3 Å². The highest BCUT2D eigenvalue weighted by Gasteiger charge is 2.40. The molecule has 4 aromatic rings. The Balaban J connectivity index is 1.03. The van der Waals surface area contributed by atoms with Gasteiger partial charge in [-0.25, -0.2) is 9.97 Å². The third-order valence-corrected chi connectivity index (χ3v) is 10.8. The van der Waals surface area contributed by atoms with Crippen LogP contribution in [0.15, 0.2) is 67.3 Å². The molecule has 48 heavy (non-hydrogen) atoms. The molecule has 5 heterocycles. The van der Waals surface area contributed by atoms with Gasteiger partial charge >= 0.3 is 0 Å². The molecular formula is C38H44N8O2. The van der Waals surface area contributed by atoms with Gasteiger partial charge in [0.2, 0.25) is 5.91 Å². The first kappa shape index (κ1) is 32.0. The fourth-order valence-electron chi connectivity index (χ4n) is 7.95. The first-order valence-corrected chi connectivity index (χ1v) is 17.3. The summed E-state index contributed by atoms with van der Waals surface area (Å²) in [6.45, 7) is 3.97. The Morgan fingerprint density at radius 1 is 1.02 bits per heavy atom. The predicted molar refractivity (Wildman–Crippen MR) is 183 cm³/mol. The minimum atomic E-state index is -0.331. The van der Waals surface area contributed by atoms with Gasteiger partial charge in [-0.15, -0.1) is 0 Å². The van der Waals surface area contributed by atoms with E-state index in [4.69, 9.17) is 14.7 Å². The molecule has 3 fully saturated rings. The second kappa shape index (κ2) is 14.2. The van der Waals surface area contributed by atoms with E-state index in [1.807, 2.05) is 68.1 Å². The van der Waals surface area contributed by atoms with Crippen LogP contribution in [0.25, 0.3) is 11.1 Å². The number of rotatable bonds is 9. The summed E-state index contributed by atoms with van der Waals surface area (Å²) >= 11 is 0. The number of nitrogens with zero attached hydrogens (tertiary/aromatic N) is 7. The van der Waals surface area contributed by atoms with E-state index >= 15 is 0 Å². The van der Waals surface area contributed by atoms with E-state index in [2.05, 4.69) is 26.4 Å². The van der Waals surface area contributed by atoms with Gasteiger partial charge in [-0.1, -0.05) is 36.4 Å². The molecule has 1 atom stereocenters. The topological polar surface area (TPSA) is 122 Å². The summed E-state index contributed by atoms with van der Waals surface area (Å²) < 4.78 is 7.41. The number of anilines is 1. The molecule has 10 nitrogen and oxygen atoms in total. The van der Waals surface area contributed by atoms with E-state index in [1.54, 1.807) is 10.9 Å². The molecule has 1 unspecified atom stereocenters. The maximum Gasteiger partial charge on any atom is 0.229 e. The van der Waals surface area contributed by atoms with Gasteiger partial charge in [-0.05, 0) is 73.8 Å². The molecule has 2 saturated heterocycles. The van der Waals surface area contributed by atoms with Crippen LogP contribution in [0.5, 0.6) is 0 Å². The van der Waals surface area contributed by atoms with Crippen LogP contribution in [-0.4, -0.2) is 56.9 Å². The van der Waals surface area contributed by atoms with Crippen molar-refractivity contribution in [2.45, 2.75) is 63.8 Å². The molecule has 1 aromatic carbocycles. The summed E-state index contributed by atoms with van der Waals surface area (Å²) in [5.41, 5.74) is 4.70. The molecular weight excluding hydrogens is 600 g/mol. The number of hydrogen-bond donors (Lipinski definition) is 1. The average molecular weight is 645 g/mol. The number of aromatic nitrogens is 5. The third-order valence-electron chi connectivity index (χ3n) is 10.8. The van der Waals surface area contributed by atoms with Crippen molar-refractivity contribution in [3.8, 4) is 17.2 Å². The lowest BCUT2D eigenvalue weighted by Gasteiger charge is -2.33. The molecule has 1 saturated carbocycles. The van der Waals surface area contributed by atoms with E-state index in [0.717, 1.165) is 112 Å². The molecule has 0 radical (unpaired) electrons. The first-order valence-electron chi connectivity index (χ1n) is 17.3. The largest absolute Gasteiger partial charge is 0.381 e. The van der Waals surface area contributed by atoms with Gasteiger partial charge in [0.25, 0.3) is 0 Å². The van der Waals surface area contributed by atoms with Crippen molar-refractivity contribution < 1.29 is 9.53 Å². The minimum Gasteiger partial charge on any atom is -0.381 e. The SMILES string of the molecule is Cn1cc(-c2ccc(C(C(=O)NCc3ccccc3)[C@H]3CC[C@H](Cc4ncc(C#N)c(N5CCC6(CCOCC6)C5)n4)CC3)nc2)cn1. The molecule has 3 aliphatic rings. The van der Waals surface area contributed by atoms with Crippen molar-refractivity contribution in [3.05, 3.63) is 89.9 Å². The Morgan fingerprint density at radius 3 is 2.54 bits per heavy atom. The van der Waals surface area contributed by atoms with Gasteiger partial charge in [-0.3, -0.25) is 14.5 Å². The van der Waals surface area contributed by atoms with Crippen LogP contribution in [0.4, 0.5) is 5.82 Å². The van der Waals surface area contributed by atoms with Gasteiger partial charge in [-0.2, -0.15) is 10.4 Å². The number of ether oxygens (including phenoxy) is 1. The van der Waals surface area contributed by atoms with Gasteiger partial charge in [0.05, 0.1) is 24.0 Å². The monoisotopic (exact) mass is 644 g/mol. The van der Waals surface area contributed by atoms with Crippen molar-refractivity contribution >= 4 is 11.7 Å². The van der Waals surface area contributed by atoms with Crippen molar-refractivity contribution in [1.82, 2.24) is 30.0 Å². The van der Waals surface area contributed by atoms with Crippen molar-refractivity contribution in [1.29, 1.82) is 5.26 Å². The second-order valence-electron chi connectivity index (χ2n) is 14.0. The highest BCUT2D eigenvalue weighted by Crippen LogP contribution is 2.42. The molecule has 0 bridgehead atoms. The number of carbonyl (C=O) groups is 1. The molecule has 248 valence electrons. The number of amides is 1. The Labute approximate surface area is 282 Å². The summed E-state index contributed by atoms with van der Waals surface area (Å²) in [4.78, 5) is 30.6. The van der Waals surface area contributed by atoms with Crippen LogP contribution in [-0.2, 0) is 29.5 Å². The van der Waals surface area contributed by atoms with Gasteiger partial charge in [0.1, 0.15) is 23.3 Å². The molecule has 10 heteroatoms. The van der Waals surface area contributed by atoms with Crippen LogP contribution in [0, 0.1) is 28.6 Å². The quantitative estimate of drug-likeness (QED) is 0.250. The summed E-state index contributed by atoms with van der Waals surface area (Å²) in [5, 5.41) is 17.4. The zero-order chi connectivity index (χ0) is 32.9. The molecule has 2 aliphatic heterocycles. The zero-order valence-electron chi connectivity index (χ0n) is 27.7. The number of hydrogen-bond acceptors (Lipinski definition) is 8. The van der Waals surface area contributed by atoms with E-state index in [0.29, 0.717) is 18.0 Å². The number of nitriles is 1. The summed E-state index contributed by atoms with van der Waals surface area (Å²) in [7, 11) is 1.90. The van der Waals surface area contributed by atoms with E-state index in [-0.39, 0.29) is 23.2 Å². The predicted octanol–water partition coefficient (Wildman–Crippen LogP) is 5.60. The van der Waals surface area contributed by atoms with Crippen molar-refractivity contribution in [3.63, 3.8) is 0 Å². The van der Waals surface area contributed by atoms with Crippen LogP contribution in [0.2, 0.25) is 0 Å². The fraction of sp³-hybridized carbons (Fsp3) is 0.474. The van der Waals surface area contributed by atoms with E-state index in [9.17, 15) is 10.1 Å². The number of aryl methyl sites for hydroxylation is 1.